The number of benzene rings is 2. The van der Waals surface area contributed by atoms with Gasteiger partial charge in [0.2, 0.25) is 0 Å². The van der Waals surface area contributed by atoms with Crippen LogP contribution < -0.4 is 5.32 Å². The van der Waals surface area contributed by atoms with E-state index >= 15 is 0 Å². The Morgan fingerprint density at radius 3 is 2.25 bits per heavy atom. The van der Waals surface area contributed by atoms with Gasteiger partial charge < -0.3 is 20.1 Å². The number of nitrogens with one attached hydrogen (secondary N) is 2. The molecule has 0 saturated heterocycles. The molecule has 4 rings (SSSR count). The molecule has 142 valence electrons. The summed E-state index contributed by atoms with van der Waals surface area (Å²) in [5.41, 5.74) is 5.30. The van der Waals surface area contributed by atoms with Gasteiger partial charge in [-0.05, 0) is 33.9 Å². The van der Waals surface area contributed by atoms with E-state index in [0.29, 0.717) is 0 Å². The van der Waals surface area contributed by atoms with E-state index in [4.69, 9.17) is 4.74 Å². The van der Waals surface area contributed by atoms with Crippen molar-refractivity contribution in [2.75, 3.05) is 6.61 Å². The average molecular weight is 376 g/mol. The highest BCUT2D eigenvalue weighted by molar-refractivity contribution is 5.81. The molecule has 0 spiro atoms. The molecular formula is C22H20N2O4. The zero-order valence-electron chi connectivity index (χ0n) is 15.1. The molecule has 0 radical (unpaired) electrons. The summed E-state index contributed by atoms with van der Waals surface area (Å²) >= 11 is 0. The molecule has 3 aromatic rings. The highest BCUT2D eigenvalue weighted by Crippen LogP contribution is 2.44. The Hall–Kier alpha value is -3.54. The van der Waals surface area contributed by atoms with Crippen LogP contribution in [0, 0.1) is 0 Å². The van der Waals surface area contributed by atoms with E-state index in [9.17, 15) is 14.7 Å². The van der Waals surface area contributed by atoms with Gasteiger partial charge in [-0.1, -0.05) is 48.5 Å². The summed E-state index contributed by atoms with van der Waals surface area (Å²) in [5.74, 6) is -1.17. The van der Waals surface area contributed by atoms with Crippen molar-refractivity contribution in [1.82, 2.24) is 10.3 Å². The third-order valence-electron chi connectivity index (χ3n) is 5.04. The monoisotopic (exact) mass is 376 g/mol. The van der Waals surface area contributed by atoms with Crippen molar-refractivity contribution in [1.29, 1.82) is 0 Å². The maximum atomic E-state index is 12.3. The summed E-state index contributed by atoms with van der Waals surface area (Å²) in [4.78, 5) is 26.6. The predicted octanol–water partition coefficient (Wildman–Crippen LogP) is 3.55. The molecular weight excluding hydrogens is 356 g/mol. The number of aromatic nitrogens is 1. The van der Waals surface area contributed by atoms with E-state index in [1.807, 2.05) is 36.4 Å². The summed E-state index contributed by atoms with van der Waals surface area (Å²) in [6.07, 6.45) is 2.87. The second-order valence-corrected chi connectivity index (χ2v) is 6.78. The van der Waals surface area contributed by atoms with Gasteiger partial charge in [-0.25, -0.2) is 9.59 Å². The number of alkyl carbamates (subject to hydrolysis) is 1. The number of aliphatic carboxylic acids is 1. The fourth-order valence-corrected chi connectivity index (χ4v) is 3.70. The third kappa shape index (κ3) is 3.49. The first-order valence-corrected chi connectivity index (χ1v) is 9.09. The van der Waals surface area contributed by atoms with Crippen molar-refractivity contribution in [2.45, 2.75) is 18.4 Å². The van der Waals surface area contributed by atoms with Crippen LogP contribution in [-0.2, 0) is 16.0 Å². The standard InChI is InChI=1S/C22H20N2O4/c25-21(26)20(11-14-9-10-23-12-14)24-22(27)28-13-19-17-7-3-1-5-15(17)16-6-2-4-8-18(16)19/h1-10,12,19-20,23H,11,13H2,(H,24,27)(H,25,26). The van der Waals surface area contributed by atoms with Crippen LogP contribution >= 0.6 is 0 Å². The number of fused-ring (bicyclic) bond motifs is 3. The molecule has 2 aromatic carbocycles. The van der Waals surface area contributed by atoms with E-state index in [1.54, 1.807) is 18.5 Å². The van der Waals surface area contributed by atoms with Crippen molar-refractivity contribution < 1.29 is 19.4 Å². The maximum Gasteiger partial charge on any atom is 0.407 e. The van der Waals surface area contributed by atoms with Crippen molar-refractivity contribution in [3.63, 3.8) is 0 Å². The lowest BCUT2D eigenvalue weighted by atomic mass is 9.98. The van der Waals surface area contributed by atoms with Crippen molar-refractivity contribution in [3.8, 4) is 11.1 Å². The van der Waals surface area contributed by atoms with Crippen LogP contribution in [0.1, 0.15) is 22.6 Å². The van der Waals surface area contributed by atoms with Crippen molar-refractivity contribution in [3.05, 3.63) is 83.7 Å². The molecule has 1 aromatic heterocycles. The van der Waals surface area contributed by atoms with Gasteiger partial charge in [0.25, 0.3) is 0 Å². The molecule has 0 fully saturated rings. The minimum atomic E-state index is -1.10. The summed E-state index contributed by atoms with van der Waals surface area (Å²) in [7, 11) is 0. The minimum Gasteiger partial charge on any atom is -0.480 e. The largest absolute Gasteiger partial charge is 0.480 e. The third-order valence-corrected chi connectivity index (χ3v) is 5.04. The Morgan fingerprint density at radius 2 is 1.68 bits per heavy atom. The number of H-pyrrole nitrogens is 1. The zero-order chi connectivity index (χ0) is 19.5. The van der Waals surface area contributed by atoms with Gasteiger partial charge in [-0.2, -0.15) is 0 Å². The topological polar surface area (TPSA) is 91.4 Å². The molecule has 28 heavy (non-hydrogen) atoms. The molecule has 0 saturated carbocycles. The first-order chi connectivity index (χ1) is 13.6. The smallest absolute Gasteiger partial charge is 0.407 e. The van der Waals surface area contributed by atoms with Gasteiger partial charge in [-0.3, -0.25) is 0 Å². The van der Waals surface area contributed by atoms with Gasteiger partial charge in [0.05, 0.1) is 0 Å². The Kier molecular flexibility index (Phi) is 4.85. The minimum absolute atomic E-state index is 0.0638. The van der Waals surface area contributed by atoms with Gasteiger partial charge in [0, 0.05) is 24.7 Å². The fraction of sp³-hybridized carbons (Fsp3) is 0.182. The molecule has 1 atom stereocenters. The lowest BCUT2D eigenvalue weighted by Crippen LogP contribution is -2.42. The van der Waals surface area contributed by atoms with Gasteiger partial charge in [0.15, 0.2) is 0 Å². The lowest BCUT2D eigenvalue weighted by molar-refractivity contribution is -0.139. The average Bonchev–Trinajstić information content (AvgIpc) is 3.32. The summed E-state index contributed by atoms with van der Waals surface area (Å²) in [6, 6.07) is 16.8. The molecule has 0 bridgehead atoms. The zero-order valence-corrected chi connectivity index (χ0v) is 15.1. The Morgan fingerprint density at radius 1 is 1.04 bits per heavy atom. The number of amides is 1. The van der Waals surface area contributed by atoms with Crippen LogP contribution in [0.5, 0.6) is 0 Å². The summed E-state index contributed by atoms with van der Waals surface area (Å²) in [5, 5.41) is 11.8. The molecule has 6 nitrogen and oxygen atoms in total. The molecule has 1 unspecified atom stereocenters. The van der Waals surface area contributed by atoms with Gasteiger partial charge in [0.1, 0.15) is 12.6 Å². The van der Waals surface area contributed by atoms with Gasteiger partial charge in [-0.15, -0.1) is 0 Å². The Balaban J connectivity index is 1.44. The molecule has 1 aliphatic rings. The number of hydrogen-bond acceptors (Lipinski definition) is 3. The quantitative estimate of drug-likeness (QED) is 0.614. The van der Waals surface area contributed by atoms with Crippen LogP contribution in [0.15, 0.2) is 67.0 Å². The van der Waals surface area contributed by atoms with E-state index in [1.165, 1.54) is 0 Å². The number of hydrogen-bond donors (Lipinski definition) is 3. The number of rotatable bonds is 6. The van der Waals surface area contributed by atoms with Crippen LogP contribution in [0.4, 0.5) is 4.79 Å². The summed E-state index contributed by atoms with van der Waals surface area (Å²) < 4.78 is 5.42. The normalized spacial score (nSPS) is 13.4. The number of ether oxygens (including phenoxy) is 1. The molecule has 3 N–H and O–H groups in total. The Labute approximate surface area is 162 Å². The number of aromatic amines is 1. The Bertz CT molecular complexity index is 952. The second kappa shape index (κ2) is 7.60. The predicted molar refractivity (Wildman–Crippen MR) is 104 cm³/mol. The maximum absolute atomic E-state index is 12.3. The van der Waals surface area contributed by atoms with Crippen molar-refractivity contribution in [2.24, 2.45) is 0 Å². The number of carboxylic acid groups (broad SMARTS) is 1. The lowest BCUT2D eigenvalue weighted by Gasteiger charge is -2.17. The van der Waals surface area contributed by atoms with Gasteiger partial charge >= 0.3 is 12.1 Å². The highest BCUT2D eigenvalue weighted by atomic mass is 16.5. The summed E-state index contributed by atoms with van der Waals surface area (Å²) in [6.45, 7) is 0.149. The number of carbonyl (C=O) groups is 2. The van der Waals surface area contributed by atoms with Crippen LogP contribution in [0.2, 0.25) is 0 Å². The van der Waals surface area contributed by atoms with E-state index < -0.39 is 18.1 Å². The molecule has 1 aliphatic carbocycles. The van der Waals surface area contributed by atoms with E-state index in [0.717, 1.165) is 27.8 Å². The number of carbonyl (C=O) groups excluding carboxylic acids is 1. The molecule has 1 amide bonds. The first-order valence-electron chi connectivity index (χ1n) is 9.09. The van der Waals surface area contributed by atoms with Crippen LogP contribution in [0.3, 0.4) is 0 Å². The van der Waals surface area contributed by atoms with E-state index in [-0.39, 0.29) is 18.9 Å². The fourth-order valence-electron chi connectivity index (χ4n) is 3.70. The van der Waals surface area contributed by atoms with Crippen LogP contribution in [-0.4, -0.2) is 34.8 Å². The first kappa shape index (κ1) is 17.9. The highest BCUT2D eigenvalue weighted by Gasteiger charge is 2.29. The van der Waals surface area contributed by atoms with E-state index in [2.05, 4.69) is 22.4 Å². The molecule has 1 heterocycles. The number of carboxylic acids is 1. The second-order valence-electron chi connectivity index (χ2n) is 6.78. The molecule has 0 aliphatic heterocycles. The van der Waals surface area contributed by atoms with Crippen molar-refractivity contribution >= 4 is 12.1 Å². The van der Waals surface area contributed by atoms with Crippen LogP contribution in [0.25, 0.3) is 11.1 Å². The molecule has 6 heteroatoms. The SMILES string of the molecule is O=C(NC(Cc1cc[nH]c1)C(=O)O)OCC1c2ccccc2-c2ccccc21.